The molecule has 1 aromatic carbocycles. The molecule has 1 aliphatic heterocycles. The van der Waals surface area contributed by atoms with Crippen LogP contribution in [-0.4, -0.2) is 31.3 Å². The van der Waals surface area contributed by atoms with Crippen LogP contribution in [0.15, 0.2) is 33.6 Å². The highest BCUT2D eigenvalue weighted by molar-refractivity contribution is 9.10. The van der Waals surface area contributed by atoms with Gasteiger partial charge in [0.25, 0.3) is 0 Å². The van der Waals surface area contributed by atoms with Crippen LogP contribution in [0.25, 0.3) is 0 Å². The first-order valence-electron chi connectivity index (χ1n) is 6.60. The molecule has 0 aliphatic carbocycles. The van der Waals surface area contributed by atoms with Crippen molar-refractivity contribution in [2.75, 3.05) is 25.4 Å². The van der Waals surface area contributed by atoms with Crippen LogP contribution in [0, 0.1) is 5.92 Å². The van der Waals surface area contributed by atoms with E-state index in [-0.39, 0.29) is 5.91 Å². The first-order valence-corrected chi connectivity index (χ1v) is 8.37. The number of carbonyl (C=O) groups excluding carboxylic acids is 1. The molecule has 3 nitrogen and oxygen atoms in total. The monoisotopic (exact) mass is 342 g/mol. The Labute approximate surface area is 127 Å². The van der Waals surface area contributed by atoms with Crippen LogP contribution in [0.4, 0.5) is 0 Å². The van der Waals surface area contributed by atoms with Gasteiger partial charge in [-0.1, -0.05) is 22.0 Å². The molecule has 2 N–H and O–H groups in total. The summed E-state index contributed by atoms with van der Waals surface area (Å²) in [7, 11) is 0. The lowest BCUT2D eigenvalue weighted by molar-refractivity contribution is -0.118. The Kier molecular flexibility index (Phi) is 6.20. The van der Waals surface area contributed by atoms with E-state index < -0.39 is 0 Å². The van der Waals surface area contributed by atoms with Crippen LogP contribution in [0.5, 0.6) is 0 Å². The minimum absolute atomic E-state index is 0.121. The predicted molar refractivity (Wildman–Crippen MR) is 83.5 cm³/mol. The molecule has 19 heavy (non-hydrogen) atoms. The van der Waals surface area contributed by atoms with Gasteiger partial charge in [-0.2, -0.15) is 0 Å². The van der Waals surface area contributed by atoms with Gasteiger partial charge in [0.2, 0.25) is 5.91 Å². The van der Waals surface area contributed by atoms with E-state index in [1.165, 1.54) is 12.8 Å². The zero-order valence-corrected chi connectivity index (χ0v) is 13.2. The number of nitrogens with one attached hydrogen (secondary N) is 2. The Bertz CT molecular complexity index is 422. The summed E-state index contributed by atoms with van der Waals surface area (Å²) in [6.07, 6.45) is 2.43. The van der Waals surface area contributed by atoms with Crippen molar-refractivity contribution in [3.05, 3.63) is 28.7 Å². The molecule has 1 aromatic rings. The van der Waals surface area contributed by atoms with Gasteiger partial charge in [0.15, 0.2) is 0 Å². The summed E-state index contributed by atoms with van der Waals surface area (Å²) in [6.45, 7) is 2.94. The van der Waals surface area contributed by atoms with E-state index in [2.05, 4.69) is 26.6 Å². The highest BCUT2D eigenvalue weighted by Gasteiger charge is 2.13. The average molecular weight is 343 g/mol. The third-order valence-electron chi connectivity index (χ3n) is 3.15. The van der Waals surface area contributed by atoms with Gasteiger partial charge in [-0.3, -0.25) is 4.79 Å². The van der Waals surface area contributed by atoms with Crippen molar-refractivity contribution in [1.29, 1.82) is 0 Å². The van der Waals surface area contributed by atoms with E-state index in [0.717, 1.165) is 29.0 Å². The minimum atomic E-state index is 0.121. The number of thioether (sulfide) groups is 1. The van der Waals surface area contributed by atoms with Crippen molar-refractivity contribution in [1.82, 2.24) is 10.6 Å². The largest absolute Gasteiger partial charge is 0.355 e. The van der Waals surface area contributed by atoms with E-state index in [1.54, 1.807) is 11.8 Å². The van der Waals surface area contributed by atoms with Crippen LogP contribution >= 0.6 is 27.7 Å². The van der Waals surface area contributed by atoms with Crippen LogP contribution in [0.1, 0.15) is 12.8 Å². The standard InChI is InChI=1S/C14H19BrN2OS/c15-12-4-1-5-13(7-12)19-10-14(18)17-9-11-3-2-6-16-8-11/h1,4-5,7,11,16H,2-3,6,8-10H2,(H,17,18). The number of piperidine rings is 1. The molecule has 0 bridgehead atoms. The molecular formula is C14H19BrN2OS. The summed E-state index contributed by atoms with van der Waals surface area (Å²) < 4.78 is 1.05. The Morgan fingerprint density at radius 1 is 1.53 bits per heavy atom. The number of amides is 1. The molecule has 1 amide bonds. The Hall–Kier alpha value is -0.520. The minimum Gasteiger partial charge on any atom is -0.355 e. The molecule has 1 atom stereocenters. The van der Waals surface area contributed by atoms with Crippen molar-refractivity contribution >= 4 is 33.6 Å². The summed E-state index contributed by atoms with van der Waals surface area (Å²) in [5.74, 6) is 1.19. The van der Waals surface area contributed by atoms with Crippen LogP contribution in [0.2, 0.25) is 0 Å². The average Bonchev–Trinajstić information content (AvgIpc) is 2.44. The Balaban J connectivity index is 1.66. The molecule has 1 heterocycles. The highest BCUT2D eigenvalue weighted by atomic mass is 79.9. The Morgan fingerprint density at radius 3 is 3.16 bits per heavy atom. The van der Waals surface area contributed by atoms with Crippen molar-refractivity contribution in [2.24, 2.45) is 5.92 Å². The molecule has 0 saturated carbocycles. The van der Waals surface area contributed by atoms with Gasteiger partial charge >= 0.3 is 0 Å². The van der Waals surface area contributed by atoms with Crippen molar-refractivity contribution in [3.8, 4) is 0 Å². The summed E-state index contributed by atoms with van der Waals surface area (Å²) in [5, 5.41) is 6.39. The van der Waals surface area contributed by atoms with E-state index in [9.17, 15) is 4.79 Å². The predicted octanol–water partition coefficient (Wildman–Crippen LogP) is 2.66. The number of rotatable bonds is 5. The van der Waals surface area contributed by atoms with Gasteiger partial charge in [0, 0.05) is 15.9 Å². The van der Waals surface area contributed by atoms with Crippen LogP contribution in [0.3, 0.4) is 0 Å². The number of halogens is 1. The highest BCUT2D eigenvalue weighted by Crippen LogP contribution is 2.21. The van der Waals surface area contributed by atoms with Gasteiger partial charge in [-0.15, -0.1) is 11.8 Å². The second kappa shape index (κ2) is 7.92. The van der Waals surface area contributed by atoms with E-state index >= 15 is 0 Å². The van der Waals surface area contributed by atoms with Gasteiger partial charge < -0.3 is 10.6 Å². The second-order valence-electron chi connectivity index (χ2n) is 4.76. The van der Waals surface area contributed by atoms with Crippen LogP contribution < -0.4 is 10.6 Å². The normalized spacial score (nSPS) is 19.1. The van der Waals surface area contributed by atoms with Gasteiger partial charge in [0.1, 0.15) is 0 Å². The molecule has 1 aliphatic rings. The molecule has 1 unspecified atom stereocenters. The fourth-order valence-corrected chi connectivity index (χ4v) is 3.45. The van der Waals surface area contributed by atoms with Crippen molar-refractivity contribution in [3.63, 3.8) is 0 Å². The lowest BCUT2D eigenvalue weighted by Gasteiger charge is -2.22. The number of carbonyl (C=O) groups is 1. The molecule has 5 heteroatoms. The van der Waals surface area contributed by atoms with Gasteiger partial charge in [-0.05, 0) is 50.0 Å². The van der Waals surface area contributed by atoms with Crippen molar-refractivity contribution in [2.45, 2.75) is 17.7 Å². The molecule has 0 aromatic heterocycles. The molecule has 104 valence electrons. The summed E-state index contributed by atoms with van der Waals surface area (Å²) in [6, 6.07) is 8.02. The number of benzene rings is 1. The van der Waals surface area contributed by atoms with Crippen LogP contribution in [-0.2, 0) is 4.79 Å². The third kappa shape index (κ3) is 5.55. The van der Waals surface area contributed by atoms with Gasteiger partial charge in [-0.25, -0.2) is 0 Å². The SMILES string of the molecule is O=C(CSc1cccc(Br)c1)NCC1CCCNC1. The summed E-state index contributed by atoms with van der Waals surface area (Å²) in [4.78, 5) is 12.9. The summed E-state index contributed by atoms with van der Waals surface area (Å²) >= 11 is 5.00. The Morgan fingerprint density at radius 2 is 2.42 bits per heavy atom. The summed E-state index contributed by atoms with van der Waals surface area (Å²) in [5.41, 5.74) is 0. The van der Waals surface area contributed by atoms with E-state index in [4.69, 9.17) is 0 Å². The third-order valence-corrected chi connectivity index (χ3v) is 4.64. The molecule has 1 fully saturated rings. The van der Waals surface area contributed by atoms with Crippen molar-refractivity contribution < 1.29 is 4.79 Å². The number of hydrogen-bond donors (Lipinski definition) is 2. The molecule has 2 rings (SSSR count). The second-order valence-corrected chi connectivity index (χ2v) is 6.73. The maximum Gasteiger partial charge on any atom is 0.230 e. The molecule has 0 spiro atoms. The zero-order valence-electron chi connectivity index (χ0n) is 10.8. The number of hydrogen-bond acceptors (Lipinski definition) is 3. The maximum absolute atomic E-state index is 11.8. The molecule has 0 radical (unpaired) electrons. The zero-order chi connectivity index (χ0) is 13.5. The lowest BCUT2D eigenvalue weighted by atomic mass is 10.00. The first kappa shape index (κ1) is 14.9. The molecular weight excluding hydrogens is 324 g/mol. The van der Waals surface area contributed by atoms with E-state index in [1.807, 2.05) is 24.3 Å². The van der Waals surface area contributed by atoms with Gasteiger partial charge in [0.05, 0.1) is 5.75 Å². The molecule has 1 saturated heterocycles. The maximum atomic E-state index is 11.8. The van der Waals surface area contributed by atoms with E-state index in [0.29, 0.717) is 11.7 Å². The fraction of sp³-hybridized carbons (Fsp3) is 0.500. The quantitative estimate of drug-likeness (QED) is 0.808. The smallest absolute Gasteiger partial charge is 0.230 e. The first-order chi connectivity index (χ1) is 9.24. The topological polar surface area (TPSA) is 41.1 Å². The fourth-order valence-electron chi connectivity index (χ4n) is 2.11. The lowest BCUT2D eigenvalue weighted by Crippen LogP contribution is -2.38.